The smallest absolute Gasteiger partial charge is 0.389 e. The van der Waals surface area contributed by atoms with E-state index < -0.39 is 36.9 Å². The van der Waals surface area contributed by atoms with Gasteiger partial charge in [-0.05, 0) is 76.1 Å². The van der Waals surface area contributed by atoms with E-state index in [1.54, 1.807) is 30.3 Å². The molecule has 3 rings (SSSR count). The van der Waals surface area contributed by atoms with Crippen molar-refractivity contribution in [3.05, 3.63) is 53.9 Å². The second-order valence-corrected chi connectivity index (χ2v) is 11.7. The molecule has 2 amide bonds. The van der Waals surface area contributed by atoms with Crippen LogP contribution in [-0.2, 0) is 16.1 Å². The van der Waals surface area contributed by atoms with Gasteiger partial charge >= 0.3 is 6.18 Å². The number of amides is 2. The molecule has 0 saturated carbocycles. The molecule has 2 N–H and O–H groups in total. The highest BCUT2D eigenvalue weighted by Gasteiger charge is 2.31. The van der Waals surface area contributed by atoms with Crippen LogP contribution in [0.15, 0.2) is 42.7 Å². The minimum atomic E-state index is -4.46. The lowest BCUT2D eigenvalue weighted by molar-refractivity contribution is -0.142. The van der Waals surface area contributed by atoms with Crippen LogP contribution in [-0.4, -0.2) is 89.5 Å². The number of fused-ring (bicyclic) bond motifs is 1. The van der Waals surface area contributed by atoms with Gasteiger partial charge in [0.15, 0.2) is 0 Å². The van der Waals surface area contributed by atoms with Crippen molar-refractivity contribution in [1.29, 1.82) is 0 Å². The number of aliphatic hydroxyl groups is 1. The number of nitrogens with zero attached hydrogens (tertiary/aromatic N) is 3. The number of ether oxygens (including phenoxy) is 2. The number of aromatic nitrogens is 1. The van der Waals surface area contributed by atoms with Gasteiger partial charge in [-0.2, -0.15) is 13.2 Å². The highest BCUT2D eigenvalue weighted by atomic mass is 19.4. The highest BCUT2D eigenvalue weighted by molar-refractivity contribution is 5.99. The zero-order valence-electron chi connectivity index (χ0n) is 26.0. The van der Waals surface area contributed by atoms with Crippen LogP contribution in [0.4, 0.5) is 18.9 Å². The number of anilines is 1. The van der Waals surface area contributed by atoms with E-state index in [2.05, 4.69) is 15.2 Å². The van der Waals surface area contributed by atoms with Crippen molar-refractivity contribution >= 4 is 17.5 Å². The fraction of sp³-hybridized carbons (Fsp3) is 0.594. The quantitative estimate of drug-likeness (QED) is 0.392. The van der Waals surface area contributed by atoms with E-state index in [0.717, 1.165) is 18.4 Å². The predicted molar refractivity (Wildman–Crippen MR) is 161 cm³/mol. The van der Waals surface area contributed by atoms with E-state index in [1.165, 1.54) is 12.1 Å². The van der Waals surface area contributed by atoms with Crippen molar-refractivity contribution in [2.45, 2.75) is 83.8 Å². The third-order valence-corrected chi connectivity index (χ3v) is 7.66. The zero-order chi connectivity index (χ0) is 32.3. The first-order valence-corrected chi connectivity index (χ1v) is 15.1. The number of halogens is 3. The van der Waals surface area contributed by atoms with Gasteiger partial charge in [-0.25, -0.2) is 0 Å². The van der Waals surface area contributed by atoms with Gasteiger partial charge < -0.3 is 24.8 Å². The summed E-state index contributed by atoms with van der Waals surface area (Å²) in [5, 5.41) is 12.6. The number of hydrogen-bond acceptors (Lipinski definition) is 7. The molecule has 0 saturated heterocycles. The number of carbonyl (C=O) groups excluding carboxylic acids is 2. The number of carbonyl (C=O) groups is 2. The lowest BCUT2D eigenvalue weighted by atomic mass is 10.0. The Balaban J connectivity index is 1.89. The maximum atomic E-state index is 14.1. The van der Waals surface area contributed by atoms with Crippen LogP contribution < -0.4 is 10.1 Å². The molecule has 1 aliphatic heterocycles. The van der Waals surface area contributed by atoms with Crippen molar-refractivity contribution in [1.82, 2.24) is 14.8 Å². The van der Waals surface area contributed by atoms with Crippen molar-refractivity contribution in [2.24, 2.45) is 5.92 Å². The van der Waals surface area contributed by atoms with Crippen LogP contribution in [0.25, 0.3) is 0 Å². The summed E-state index contributed by atoms with van der Waals surface area (Å²) in [4.78, 5) is 34.2. The number of alkyl halides is 3. The first kappa shape index (κ1) is 35.3. The van der Waals surface area contributed by atoms with E-state index in [0.29, 0.717) is 31.9 Å². The molecule has 12 heteroatoms. The van der Waals surface area contributed by atoms with Gasteiger partial charge in [0.1, 0.15) is 5.75 Å². The first-order valence-electron chi connectivity index (χ1n) is 15.1. The average Bonchev–Trinajstić information content (AvgIpc) is 2.97. The molecule has 0 radical (unpaired) electrons. The van der Waals surface area contributed by atoms with Crippen LogP contribution in [0.5, 0.6) is 5.75 Å². The molecule has 44 heavy (non-hydrogen) atoms. The molecule has 2 heterocycles. The molecule has 1 aromatic carbocycles. The van der Waals surface area contributed by atoms with Gasteiger partial charge in [-0.15, -0.1) is 0 Å². The minimum Gasteiger partial charge on any atom is -0.490 e. The number of aliphatic hydroxyl groups excluding tert-OH is 1. The number of benzene rings is 1. The van der Waals surface area contributed by atoms with Gasteiger partial charge in [0.25, 0.3) is 5.91 Å². The van der Waals surface area contributed by atoms with Gasteiger partial charge in [-0.3, -0.25) is 19.5 Å². The summed E-state index contributed by atoms with van der Waals surface area (Å²) < 4.78 is 50.5. The fourth-order valence-corrected chi connectivity index (χ4v) is 5.11. The second kappa shape index (κ2) is 16.7. The van der Waals surface area contributed by atoms with Crippen molar-refractivity contribution in [2.75, 3.05) is 38.7 Å². The maximum absolute atomic E-state index is 14.1. The largest absolute Gasteiger partial charge is 0.490 e. The van der Waals surface area contributed by atoms with Gasteiger partial charge in [-0.1, -0.05) is 6.92 Å². The Kier molecular flexibility index (Phi) is 13.4. The van der Waals surface area contributed by atoms with Crippen LogP contribution in [0.1, 0.15) is 68.8 Å². The molecule has 244 valence electrons. The molecular weight excluding hydrogens is 577 g/mol. The number of rotatable bonds is 9. The molecule has 4 atom stereocenters. The monoisotopic (exact) mass is 622 g/mol. The molecule has 0 unspecified atom stereocenters. The number of pyridine rings is 1. The lowest BCUT2D eigenvalue weighted by Gasteiger charge is -2.36. The van der Waals surface area contributed by atoms with Crippen LogP contribution >= 0.6 is 0 Å². The van der Waals surface area contributed by atoms with Gasteiger partial charge in [0.05, 0.1) is 36.8 Å². The molecular formula is C32H45F3N4O5. The molecule has 0 aliphatic carbocycles. The Morgan fingerprint density at radius 3 is 2.61 bits per heavy atom. The normalized spacial score (nSPS) is 21.2. The summed E-state index contributed by atoms with van der Waals surface area (Å²) in [6.07, 6.45) is -0.977. The highest BCUT2D eigenvalue weighted by Crippen LogP contribution is 2.29. The predicted octanol–water partition coefficient (Wildman–Crippen LogP) is 5.29. The maximum Gasteiger partial charge on any atom is 0.389 e. The average molecular weight is 623 g/mol. The van der Waals surface area contributed by atoms with Crippen LogP contribution in [0, 0.1) is 5.92 Å². The Morgan fingerprint density at radius 2 is 1.93 bits per heavy atom. The van der Waals surface area contributed by atoms with E-state index in [4.69, 9.17) is 9.47 Å². The zero-order valence-corrected chi connectivity index (χ0v) is 26.0. The molecule has 9 nitrogen and oxygen atoms in total. The molecule has 0 fully saturated rings. The Labute approximate surface area is 257 Å². The number of hydrogen-bond donors (Lipinski definition) is 2. The Hall–Kier alpha value is -3.22. The Morgan fingerprint density at radius 1 is 1.20 bits per heavy atom. The van der Waals surface area contributed by atoms with Crippen LogP contribution in [0.2, 0.25) is 0 Å². The van der Waals surface area contributed by atoms with Crippen molar-refractivity contribution in [3.63, 3.8) is 0 Å². The van der Waals surface area contributed by atoms with E-state index in [9.17, 15) is 27.9 Å². The lowest BCUT2D eigenvalue weighted by Crippen LogP contribution is -2.47. The summed E-state index contributed by atoms with van der Waals surface area (Å²) >= 11 is 0. The Bertz CT molecular complexity index is 1200. The molecule has 0 spiro atoms. The molecule has 0 bridgehead atoms. The minimum absolute atomic E-state index is 0.121. The molecule has 2 aromatic rings. The second-order valence-electron chi connectivity index (χ2n) is 11.7. The summed E-state index contributed by atoms with van der Waals surface area (Å²) in [5.74, 6) is -1.05. The van der Waals surface area contributed by atoms with E-state index in [-0.39, 0.29) is 42.5 Å². The fourth-order valence-electron chi connectivity index (χ4n) is 5.11. The van der Waals surface area contributed by atoms with E-state index in [1.807, 2.05) is 33.0 Å². The topological polar surface area (TPSA) is 104 Å². The summed E-state index contributed by atoms with van der Waals surface area (Å²) in [7, 11) is 2.01. The van der Waals surface area contributed by atoms with Crippen molar-refractivity contribution < 1.29 is 37.3 Å². The van der Waals surface area contributed by atoms with Gasteiger partial charge in [0.2, 0.25) is 5.91 Å². The summed E-state index contributed by atoms with van der Waals surface area (Å²) in [6, 6.07) is 7.87. The third kappa shape index (κ3) is 11.4. The van der Waals surface area contributed by atoms with Crippen LogP contribution in [0.3, 0.4) is 0 Å². The van der Waals surface area contributed by atoms with Crippen molar-refractivity contribution in [3.8, 4) is 5.75 Å². The number of nitrogens with one attached hydrogen (secondary N) is 1. The molecule has 1 aromatic heterocycles. The number of likely N-dealkylation sites (N-methyl/N-ethyl adjacent to an activating group) is 1. The van der Waals surface area contributed by atoms with E-state index >= 15 is 0 Å². The summed E-state index contributed by atoms with van der Waals surface area (Å²) in [6.45, 7) is 7.51. The SMILES string of the molecule is C[C@@H]1CCCCO[C@H](CN(C)Cc2ccncc2)[C@H](C)CN([C@H](C)CO)C(=O)c2cc(NC(=O)CCC(F)(F)F)ccc2O1. The standard InChI is InChI=1S/C32H45F3N4O5/c1-22-18-39(23(2)21-40)31(42)27-17-26(37-30(41)10-13-32(33,34)35)8-9-28(27)44-24(3)7-5-6-16-43-29(22)20-38(4)19-25-11-14-36-15-12-25/h8-9,11-12,14-15,17,22-24,29,40H,5-7,10,13,16,18-21H2,1-4H3,(H,37,41)/t22-,23-,24-,29-/m1/s1. The van der Waals surface area contributed by atoms with Gasteiger partial charge in [0, 0.05) is 56.7 Å². The third-order valence-electron chi connectivity index (χ3n) is 7.66. The molecule has 1 aliphatic rings. The summed E-state index contributed by atoms with van der Waals surface area (Å²) in [5.41, 5.74) is 1.46. The first-order chi connectivity index (χ1) is 20.9.